The molecule has 6 heteroatoms. The monoisotopic (exact) mass is 393 g/mol. The van der Waals surface area contributed by atoms with Gasteiger partial charge < -0.3 is 4.90 Å². The highest BCUT2D eigenvalue weighted by Gasteiger charge is 2.28. The van der Waals surface area contributed by atoms with E-state index in [2.05, 4.69) is 9.97 Å². The molecule has 1 fully saturated rings. The molecule has 148 valence electrons. The van der Waals surface area contributed by atoms with Gasteiger partial charge in [0.1, 0.15) is 11.6 Å². The zero-order valence-electron chi connectivity index (χ0n) is 15.9. The first-order chi connectivity index (χ1) is 14.1. The van der Waals surface area contributed by atoms with Crippen molar-refractivity contribution < 1.29 is 13.6 Å². The van der Waals surface area contributed by atoms with Gasteiger partial charge in [0.2, 0.25) is 5.91 Å². The van der Waals surface area contributed by atoms with Gasteiger partial charge in [-0.05, 0) is 42.7 Å². The predicted octanol–water partition coefficient (Wildman–Crippen LogP) is 4.37. The lowest BCUT2D eigenvalue weighted by Gasteiger charge is -2.33. The second-order valence-corrected chi connectivity index (χ2v) is 7.28. The van der Waals surface area contributed by atoms with Gasteiger partial charge in [-0.15, -0.1) is 0 Å². The van der Waals surface area contributed by atoms with Crippen LogP contribution in [0, 0.1) is 11.6 Å². The van der Waals surface area contributed by atoms with E-state index in [1.54, 1.807) is 30.6 Å². The van der Waals surface area contributed by atoms with Gasteiger partial charge >= 0.3 is 0 Å². The lowest BCUT2D eigenvalue weighted by Crippen LogP contribution is -2.40. The summed E-state index contributed by atoms with van der Waals surface area (Å²) in [4.78, 5) is 23.6. The minimum absolute atomic E-state index is 0.0116. The average Bonchev–Trinajstić information content (AvgIpc) is 2.75. The fourth-order valence-corrected chi connectivity index (χ4v) is 3.82. The van der Waals surface area contributed by atoms with Crippen LogP contribution in [0.3, 0.4) is 0 Å². The average molecular weight is 393 g/mol. The van der Waals surface area contributed by atoms with E-state index in [-0.39, 0.29) is 29.9 Å². The van der Waals surface area contributed by atoms with Crippen molar-refractivity contribution in [3.05, 3.63) is 83.8 Å². The van der Waals surface area contributed by atoms with Crippen LogP contribution in [0.1, 0.15) is 30.0 Å². The number of hydrogen-bond acceptors (Lipinski definition) is 3. The van der Waals surface area contributed by atoms with E-state index in [0.717, 1.165) is 24.1 Å². The molecule has 0 aliphatic carbocycles. The van der Waals surface area contributed by atoms with Crippen molar-refractivity contribution in [2.24, 2.45) is 0 Å². The van der Waals surface area contributed by atoms with Gasteiger partial charge in [-0.25, -0.2) is 8.78 Å². The summed E-state index contributed by atoms with van der Waals surface area (Å²) in [5, 5.41) is 0. The Bertz CT molecular complexity index is 1010. The summed E-state index contributed by atoms with van der Waals surface area (Å²) in [6, 6.07) is 12.3. The number of nitrogens with zero attached hydrogens (tertiary/aromatic N) is 3. The minimum atomic E-state index is -0.321. The van der Waals surface area contributed by atoms with E-state index in [1.807, 2.05) is 11.0 Å². The highest BCUT2D eigenvalue weighted by Crippen LogP contribution is 2.32. The van der Waals surface area contributed by atoms with Gasteiger partial charge in [0, 0.05) is 37.0 Å². The number of piperidine rings is 1. The van der Waals surface area contributed by atoms with E-state index in [9.17, 15) is 13.6 Å². The van der Waals surface area contributed by atoms with Gasteiger partial charge in [-0.3, -0.25) is 14.8 Å². The third kappa shape index (κ3) is 4.47. The summed E-state index contributed by atoms with van der Waals surface area (Å²) in [7, 11) is 0. The maximum atomic E-state index is 13.7. The van der Waals surface area contributed by atoms with Crippen LogP contribution in [0.15, 0.2) is 60.9 Å². The Kier molecular flexibility index (Phi) is 5.60. The van der Waals surface area contributed by atoms with E-state index >= 15 is 0 Å². The van der Waals surface area contributed by atoms with Crippen LogP contribution in [0.4, 0.5) is 8.78 Å². The number of likely N-dealkylation sites (tertiary alicyclic amines) is 1. The molecule has 2 heterocycles. The Morgan fingerprint density at radius 2 is 1.83 bits per heavy atom. The van der Waals surface area contributed by atoms with Crippen molar-refractivity contribution in [3.63, 3.8) is 0 Å². The number of carbonyl (C=O) groups excluding carboxylic acids is 1. The number of amides is 1. The standard InChI is InChI=1S/C23H21F2N3O/c24-19-8-6-16(7-9-19)13-21(29)28-12-2-4-18(15-28)23-22(26-10-11-27-23)17-3-1-5-20(25)14-17/h1,3,5-11,14,18H,2,4,12-13,15H2/t18-/m1/s1. The zero-order chi connectivity index (χ0) is 20.2. The largest absolute Gasteiger partial charge is 0.342 e. The first kappa shape index (κ1) is 19.2. The van der Waals surface area contributed by atoms with Crippen LogP contribution in [0.25, 0.3) is 11.3 Å². The fourth-order valence-electron chi connectivity index (χ4n) is 3.82. The van der Waals surface area contributed by atoms with Gasteiger partial charge in [0.05, 0.1) is 17.8 Å². The Morgan fingerprint density at radius 1 is 1.03 bits per heavy atom. The van der Waals surface area contributed by atoms with Crippen molar-refractivity contribution in [2.75, 3.05) is 13.1 Å². The summed E-state index contributed by atoms with van der Waals surface area (Å²) >= 11 is 0. The predicted molar refractivity (Wildman–Crippen MR) is 106 cm³/mol. The summed E-state index contributed by atoms with van der Waals surface area (Å²) in [6.07, 6.45) is 5.23. The molecular weight excluding hydrogens is 372 g/mol. The third-order valence-electron chi connectivity index (χ3n) is 5.25. The minimum Gasteiger partial charge on any atom is -0.342 e. The summed E-state index contributed by atoms with van der Waals surface area (Å²) < 4.78 is 26.8. The van der Waals surface area contributed by atoms with Gasteiger partial charge in [-0.1, -0.05) is 24.3 Å². The number of halogens is 2. The molecule has 4 rings (SSSR count). The smallest absolute Gasteiger partial charge is 0.227 e. The Morgan fingerprint density at radius 3 is 2.62 bits per heavy atom. The van der Waals surface area contributed by atoms with Gasteiger partial charge in [0.25, 0.3) is 0 Å². The molecule has 2 aromatic carbocycles. The van der Waals surface area contributed by atoms with Crippen LogP contribution < -0.4 is 0 Å². The Hall–Kier alpha value is -3.15. The maximum Gasteiger partial charge on any atom is 0.227 e. The highest BCUT2D eigenvalue weighted by molar-refractivity contribution is 5.79. The van der Waals surface area contributed by atoms with Gasteiger partial charge in [0.15, 0.2) is 0 Å². The summed E-state index contributed by atoms with van der Waals surface area (Å²) in [5.41, 5.74) is 2.92. The van der Waals surface area contributed by atoms with Crippen molar-refractivity contribution in [2.45, 2.75) is 25.2 Å². The number of hydrogen-bond donors (Lipinski definition) is 0. The van der Waals surface area contributed by atoms with Gasteiger partial charge in [-0.2, -0.15) is 0 Å². The van der Waals surface area contributed by atoms with E-state index < -0.39 is 0 Å². The molecule has 0 radical (unpaired) electrons. The molecule has 1 aliphatic rings. The molecule has 4 nitrogen and oxygen atoms in total. The molecule has 0 unspecified atom stereocenters. The molecule has 0 N–H and O–H groups in total. The van der Waals surface area contributed by atoms with Crippen molar-refractivity contribution in [1.29, 1.82) is 0 Å². The number of rotatable bonds is 4. The molecule has 0 saturated carbocycles. The third-order valence-corrected chi connectivity index (χ3v) is 5.25. The molecule has 1 aliphatic heterocycles. The van der Waals surface area contributed by atoms with Crippen molar-refractivity contribution in [3.8, 4) is 11.3 Å². The van der Waals surface area contributed by atoms with Crippen LogP contribution in [-0.4, -0.2) is 33.9 Å². The van der Waals surface area contributed by atoms with E-state index in [0.29, 0.717) is 24.3 Å². The molecule has 1 aromatic heterocycles. The second kappa shape index (κ2) is 8.47. The Labute approximate surface area is 168 Å². The molecule has 1 atom stereocenters. The lowest BCUT2D eigenvalue weighted by molar-refractivity contribution is -0.131. The number of benzene rings is 2. The molecule has 0 spiro atoms. The topological polar surface area (TPSA) is 46.1 Å². The van der Waals surface area contributed by atoms with Crippen LogP contribution in [0.2, 0.25) is 0 Å². The number of carbonyl (C=O) groups is 1. The van der Waals surface area contributed by atoms with E-state index in [4.69, 9.17) is 0 Å². The zero-order valence-corrected chi connectivity index (χ0v) is 15.9. The fraction of sp³-hybridized carbons (Fsp3) is 0.261. The summed E-state index contributed by atoms with van der Waals surface area (Å²) in [5.74, 6) is -0.587. The van der Waals surface area contributed by atoms with Crippen molar-refractivity contribution >= 4 is 5.91 Å². The van der Waals surface area contributed by atoms with E-state index in [1.165, 1.54) is 24.3 Å². The normalized spacial score (nSPS) is 16.6. The SMILES string of the molecule is O=C(Cc1ccc(F)cc1)N1CCC[C@@H](c2nccnc2-c2cccc(F)c2)C1. The van der Waals surface area contributed by atoms with Crippen LogP contribution in [0.5, 0.6) is 0 Å². The summed E-state index contributed by atoms with van der Waals surface area (Å²) in [6.45, 7) is 1.23. The molecule has 3 aromatic rings. The molecule has 0 bridgehead atoms. The second-order valence-electron chi connectivity index (χ2n) is 7.28. The Balaban J connectivity index is 1.53. The lowest BCUT2D eigenvalue weighted by atomic mass is 9.91. The molecule has 1 amide bonds. The molecule has 1 saturated heterocycles. The quantitative estimate of drug-likeness (QED) is 0.661. The highest BCUT2D eigenvalue weighted by atomic mass is 19.1. The maximum absolute atomic E-state index is 13.7. The van der Waals surface area contributed by atoms with Crippen LogP contribution in [-0.2, 0) is 11.2 Å². The number of aromatic nitrogens is 2. The van der Waals surface area contributed by atoms with Crippen LogP contribution >= 0.6 is 0 Å². The first-order valence-corrected chi connectivity index (χ1v) is 9.69. The first-order valence-electron chi connectivity index (χ1n) is 9.69. The van der Waals surface area contributed by atoms with Crippen molar-refractivity contribution in [1.82, 2.24) is 14.9 Å². The molecular formula is C23H21F2N3O. The molecule has 29 heavy (non-hydrogen) atoms.